The Morgan fingerprint density at radius 2 is 1.84 bits per heavy atom. The van der Waals surface area contributed by atoms with Gasteiger partial charge in [-0.25, -0.2) is 4.79 Å². The Morgan fingerprint density at radius 1 is 1.10 bits per heavy atom. The topological polar surface area (TPSA) is 94.8 Å². The SMILES string of the molecule is CCCCCC[C@H](C/C=C/[C@H]1CCC(=O)[C@@H]1C/C=C\CC(C)C(O)(O)C(=O)O)C1CC1. The van der Waals surface area contributed by atoms with Crippen molar-refractivity contribution in [1.82, 2.24) is 0 Å². The van der Waals surface area contributed by atoms with Gasteiger partial charge < -0.3 is 15.3 Å². The lowest BCUT2D eigenvalue weighted by Gasteiger charge is -2.22. The molecule has 4 atom stereocenters. The Kier molecular flexibility index (Phi) is 10.4. The molecule has 2 saturated carbocycles. The molecule has 0 saturated heterocycles. The first kappa shape index (κ1) is 25.8. The number of carbonyl (C=O) groups is 2. The molecule has 0 amide bonds. The van der Waals surface area contributed by atoms with E-state index in [1.165, 1.54) is 51.9 Å². The highest BCUT2D eigenvalue weighted by Crippen LogP contribution is 2.42. The summed E-state index contributed by atoms with van der Waals surface area (Å²) in [5, 5.41) is 28.0. The second-order valence-corrected chi connectivity index (χ2v) is 9.76. The van der Waals surface area contributed by atoms with Crippen LogP contribution in [0.3, 0.4) is 0 Å². The molecule has 0 aliphatic heterocycles. The van der Waals surface area contributed by atoms with E-state index < -0.39 is 17.7 Å². The highest BCUT2D eigenvalue weighted by Gasteiger charge is 2.39. The number of aliphatic hydroxyl groups is 2. The van der Waals surface area contributed by atoms with Crippen LogP contribution in [0.2, 0.25) is 0 Å². The van der Waals surface area contributed by atoms with Crippen LogP contribution in [-0.4, -0.2) is 32.9 Å². The molecule has 2 fully saturated rings. The Balaban J connectivity index is 1.80. The third-order valence-corrected chi connectivity index (χ3v) is 7.24. The highest BCUT2D eigenvalue weighted by atomic mass is 16.5. The van der Waals surface area contributed by atoms with Crippen LogP contribution in [-0.2, 0) is 9.59 Å². The number of allylic oxidation sites excluding steroid dienone is 4. The summed E-state index contributed by atoms with van der Waals surface area (Å²) >= 11 is 0. The van der Waals surface area contributed by atoms with Crippen molar-refractivity contribution in [3.05, 3.63) is 24.3 Å². The number of aliphatic carboxylic acids is 1. The zero-order valence-electron chi connectivity index (χ0n) is 19.3. The van der Waals surface area contributed by atoms with Crippen LogP contribution in [0.1, 0.15) is 90.9 Å². The lowest BCUT2D eigenvalue weighted by atomic mass is 9.89. The van der Waals surface area contributed by atoms with Gasteiger partial charge in [-0.15, -0.1) is 0 Å². The van der Waals surface area contributed by atoms with Crippen LogP contribution >= 0.6 is 0 Å². The molecule has 5 nitrogen and oxygen atoms in total. The molecule has 0 aromatic carbocycles. The van der Waals surface area contributed by atoms with E-state index in [9.17, 15) is 19.8 Å². The van der Waals surface area contributed by atoms with E-state index in [4.69, 9.17) is 5.11 Å². The maximum atomic E-state index is 12.4. The van der Waals surface area contributed by atoms with Crippen molar-refractivity contribution < 1.29 is 24.9 Å². The Morgan fingerprint density at radius 3 is 2.48 bits per heavy atom. The molecule has 0 aromatic rings. The molecule has 0 heterocycles. The Labute approximate surface area is 187 Å². The molecule has 5 heteroatoms. The van der Waals surface area contributed by atoms with Crippen molar-refractivity contribution in [3.63, 3.8) is 0 Å². The van der Waals surface area contributed by atoms with Gasteiger partial charge in [-0.1, -0.05) is 63.8 Å². The van der Waals surface area contributed by atoms with Gasteiger partial charge in [-0.2, -0.15) is 0 Å². The predicted molar refractivity (Wildman–Crippen MR) is 122 cm³/mol. The van der Waals surface area contributed by atoms with Crippen LogP contribution in [0.5, 0.6) is 0 Å². The zero-order chi connectivity index (χ0) is 22.9. The molecule has 2 aliphatic rings. The van der Waals surface area contributed by atoms with Crippen LogP contribution in [0, 0.1) is 29.6 Å². The summed E-state index contributed by atoms with van der Waals surface area (Å²) in [5.74, 6) is -2.91. The van der Waals surface area contributed by atoms with Crippen molar-refractivity contribution in [2.45, 2.75) is 96.7 Å². The number of rotatable bonds is 15. The number of carboxylic acids is 1. The molecule has 0 bridgehead atoms. The fraction of sp³-hybridized carbons (Fsp3) is 0.769. The average molecular weight is 435 g/mol. The molecule has 2 aliphatic carbocycles. The molecule has 0 radical (unpaired) electrons. The molecule has 2 rings (SSSR count). The number of carboxylic acid groups (broad SMARTS) is 1. The summed E-state index contributed by atoms with van der Waals surface area (Å²) in [6, 6.07) is 0. The summed E-state index contributed by atoms with van der Waals surface area (Å²) in [7, 11) is 0. The van der Waals surface area contributed by atoms with Crippen molar-refractivity contribution in [2.24, 2.45) is 29.6 Å². The van der Waals surface area contributed by atoms with E-state index in [0.717, 1.165) is 24.7 Å². The first-order valence-electron chi connectivity index (χ1n) is 12.3. The van der Waals surface area contributed by atoms with Gasteiger partial charge in [0.1, 0.15) is 5.78 Å². The van der Waals surface area contributed by atoms with Crippen LogP contribution in [0.4, 0.5) is 0 Å². The van der Waals surface area contributed by atoms with Gasteiger partial charge in [-0.05, 0) is 62.7 Å². The van der Waals surface area contributed by atoms with Crippen molar-refractivity contribution in [2.75, 3.05) is 0 Å². The average Bonchev–Trinajstić information content (AvgIpc) is 3.51. The number of hydrogen-bond donors (Lipinski definition) is 3. The van der Waals surface area contributed by atoms with Gasteiger partial charge >= 0.3 is 5.97 Å². The van der Waals surface area contributed by atoms with Crippen molar-refractivity contribution >= 4 is 11.8 Å². The van der Waals surface area contributed by atoms with Gasteiger partial charge in [0.25, 0.3) is 5.79 Å². The summed E-state index contributed by atoms with van der Waals surface area (Å²) in [6.07, 6.45) is 21.2. The molecule has 0 aromatic heterocycles. The lowest BCUT2D eigenvalue weighted by Crippen LogP contribution is -2.44. The maximum absolute atomic E-state index is 12.4. The van der Waals surface area contributed by atoms with Crippen LogP contribution in [0.15, 0.2) is 24.3 Å². The minimum absolute atomic E-state index is 0.0146. The van der Waals surface area contributed by atoms with Crippen molar-refractivity contribution in [3.8, 4) is 0 Å². The monoisotopic (exact) mass is 434 g/mol. The van der Waals surface area contributed by atoms with E-state index in [1.54, 1.807) is 6.08 Å². The van der Waals surface area contributed by atoms with Gasteiger partial charge in [0.2, 0.25) is 0 Å². The van der Waals surface area contributed by atoms with E-state index in [1.807, 2.05) is 6.08 Å². The first-order chi connectivity index (χ1) is 14.8. The van der Waals surface area contributed by atoms with E-state index in [-0.39, 0.29) is 18.3 Å². The molecule has 31 heavy (non-hydrogen) atoms. The molecular weight excluding hydrogens is 392 g/mol. The maximum Gasteiger partial charge on any atom is 0.364 e. The molecule has 176 valence electrons. The van der Waals surface area contributed by atoms with Crippen LogP contribution < -0.4 is 0 Å². The van der Waals surface area contributed by atoms with E-state index >= 15 is 0 Å². The molecule has 1 unspecified atom stereocenters. The summed E-state index contributed by atoms with van der Waals surface area (Å²) in [5.41, 5.74) is 0. The number of hydrogen-bond acceptors (Lipinski definition) is 4. The molecule has 3 N–H and O–H groups in total. The lowest BCUT2D eigenvalue weighted by molar-refractivity contribution is -0.219. The van der Waals surface area contributed by atoms with Crippen LogP contribution in [0.25, 0.3) is 0 Å². The van der Waals surface area contributed by atoms with Gasteiger partial charge in [0.05, 0.1) is 0 Å². The van der Waals surface area contributed by atoms with Gasteiger partial charge in [0.15, 0.2) is 0 Å². The zero-order valence-corrected chi connectivity index (χ0v) is 19.3. The minimum Gasteiger partial charge on any atom is -0.477 e. The normalized spacial score (nSPS) is 24.3. The largest absolute Gasteiger partial charge is 0.477 e. The van der Waals surface area contributed by atoms with E-state index in [2.05, 4.69) is 19.1 Å². The number of ketones is 1. The number of carbonyl (C=O) groups excluding carboxylic acids is 1. The quantitative estimate of drug-likeness (QED) is 0.186. The first-order valence-corrected chi connectivity index (χ1v) is 12.3. The van der Waals surface area contributed by atoms with E-state index in [0.29, 0.717) is 18.6 Å². The second-order valence-electron chi connectivity index (χ2n) is 9.76. The standard InChI is InChI=1S/C26H42O5/c1-3-4-5-6-11-20(21-15-16-21)12-9-13-22-17-18-24(27)23(22)14-8-7-10-19(2)26(30,31)25(28)29/h7-9,13,19-23,30-31H,3-6,10-12,14-18H2,1-2H3,(H,28,29)/b8-7-,13-9+/t19?,20-,22+,23-/m1/s1. The smallest absolute Gasteiger partial charge is 0.364 e. The fourth-order valence-electron chi connectivity index (χ4n) is 4.76. The van der Waals surface area contributed by atoms with Gasteiger partial charge in [0, 0.05) is 18.3 Å². The molecular formula is C26H42O5. The number of unbranched alkanes of at least 4 members (excludes halogenated alkanes) is 3. The summed E-state index contributed by atoms with van der Waals surface area (Å²) < 4.78 is 0. The summed E-state index contributed by atoms with van der Waals surface area (Å²) in [6.45, 7) is 3.74. The minimum atomic E-state index is -2.73. The summed E-state index contributed by atoms with van der Waals surface area (Å²) in [4.78, 5) is 23.2. The third kappa shape index (κ3) is 8.19. The van der Waals surface area contributed by atoms with Gasteiger partial charge in [-0.3, -0.25) is 4.79 Å². The number of Topliss-reactive ketones (excluding diaryl/α,β-unsaturated/α-hetero) is 1. The fourth-order valence-corrected chi connectivity index (χ4v) is 4.76. The highest BCUT2D eigenvalue weighted by molar-refractivity contribution is 5.83. The third-order valence-electron chi connectivity index (χ3n) is 7.24. The Bertz CT molecular complexity index is 632. The molecule has 0 spiro atoms. The predicted octanol–water partition coefficient (Wildman–Crippen LogP) is 5.26. The Hall–Kier alpha value is -1.46. The second kappa shape index (κ2) is 12.5. The van der Waals surface area contributed by atoms with Crippen molar-refractivity contribution in [1.29, 1.82) is 0 Å².